The number of benzene rings is 1. The minimum Gasteiger partial charge on any atom is -0.493 e. The van der Waals surface area contributed by atoms with Crippen molar-refractivity contribution >= 4 is 28.5 Å². The Bertz CT molecular complexity index is 946. The van der Waals surface area contributed by atoms with E-state index in [0.29, 0.717) is 42.8 Å². The first kappa shape index (κ1) is 21.3. The number of methoxy groups -OCH3 is 2. The molecule has 0 radical (unpaired) electrons. The Morgan fingerprint density at radius 2 is 2.19 bits per heavy atom. The van der Waals surface area contributed by atoms with Crippen molar-refractivity contribution in [3.63, 3.8) is 0 Å². The molecule has 0 spiro atoms. The quantitative estimate of drug-likeness (QED) is 0.649. The maximum absolute atomic E-state index is 12.5. The van der Waals surface area contributed by atoms with Crippen molar-refractivity contribution in [2.24, 2.45) is 0 Å². The molecule has 11 heteroatoms. The number of ether oxygens (including phenoxy) is 4. The summed E-state index contributed by atoms with van der Waals surface area (Å²) in [4.78, 5) is 30.4. The molecule has 1 aromatic heterocycles. The van der Waals surface area contributed by atoms with E-state index in [4.69, 9.17) is 18.9 Å². The molecule has 2 aromatic rings. The number of nitrogens with one attached hydrogen (secondary N) is 1. The van der Waals surface area contributed by atoms with Crippen LogP contribution in [0.4, 0.5) is 5.13 Å². The number of anilines is 1. The van der Waals surface area contributed by atoms with Crippen LogP contribution in [0.2, 0.25) is 0 Å². The number of carbonyl (C=O) groups is 2. The highest BCUT2D eigenvalue weighted by Gasteiger charge is 2.32. The number of nitrogens with zero attached hydrogens (tertiary/aromatic N) is 3. The van der Waals surface area contributed by atoms with Crippen LogP contribution in [0.3, 0.4) is 0 Å². The van der Waals surface area contributed by atoms with Crippen LogP contribution in [0.25, 0.3) is 0 Å². The first-order valence-electron chi connectivity index (χ1n) is 9.93. The van der Waals surface area contributed by atoms with E-state index in [0.717, 1.165) is 23.5 Å². The second-order valence-electron chi connectivity index (χ2n) is 7.32. The van der Waals surface area contributed by atoms with Crippen LogP contribution in [0.5, 0.6) is 17.5 Å². The summed E-state index contributed by atoms with van der Waals surface area (Å²) < 4.78 is 25.7. The molecule has 1 N–H and O–H groups in total. The predicted molar refractivity (Wildman–Crippen MR) is 112 cm³/mol. The molecule has 0 bridgehead atoms. The number of carbonyl (C=O) groups excluding carboxylic acids is 2. The third-order valence-electron chi connectivity index (χ3n) is 5.23. The zero-order valence-corrected chi connectivity index (χ0v) is 18.1. The van der Waals surface area contributed by atoms with Crippen molar-refractivity contribution < 1.29 is 28.5 Å². The number of hydrogen-bond donors (Lipinski definition) is 1. The molecule has 2 atom stereocenters. The van der Waals surface area contributed by atoms with E-state index in [2.05, 4.69) is 14.7 Å². The van der Waals surface area contributed by atoms with Gasteiger partial charge in [-0.05, 0) is 17.7 Å². The fraction of sp³-hybridized carbons (Fsp3) is 0.500. The summed E-state index contributed by atoms with van der Waals surface area (Å²) in [7, 11) is 3.05. The largest absolute Gasteiger partial charge is 0.493 e. The van der Waals surface area contributed by atoms with Crippen LogP contribution in [0, 0.1) is 0 Å². The van der Waals surface area contributed by atoms with E-state index in [9.17, 15) is 9.59 Å². The fourth-order valence-electron chi connectivity index (χ4n) is 3.65. The van der Waals surface area contributed by atoms with Gasteiger partial charge in [0, 0.05) is 36.8 Å². The van der Waals surface area contributed by atoms with Gasteiger partial charge in [-0.1, -0.05) is 6.07 Å². The van der Waals surface area contributed by atoms with E-state index in [1.165, 1.54) is 7.11 Å². The molecule has 2 aliphatic rings. The van der Waals surface area contributed by atoms with Crippen LogP contribution in [0.15, 0.2) is 18.2 Å². The molecule has 2 aliphatic heterocycles. The third kappa shape index (κ3) is 5.05. The Morgan fingerprint density at radius 3 is 2.90 bits per heavy atom. The minimum absolute atomic E-state index is 0.00599. The van der Waals surface area contributed by atoms with Gasteiger partial charge in [0.1, 0.15) is 6.10 Å². The van der Waals surface area contributed by atoms with Gasteiger partial charge in [0.2, 0.25) is 16.9 Å². The number of amides is 2. The normalized spacial score (nSPS) is 20.7. The van der Waals surface area contributed by atoms with Gasteiger partial charge in [0.05, 0.1) is 34.0 Å². The molecule has 4 rings (SSSR count). The highest BCUT2D eigenvalue weighted by molar-refractivity contribution is 7.10. The molecule has 2 amide bonds. The Labute approximate surface area is 183 Å². The molecule has 10 nitrogen and oxygen atoms in total. The lowest BCUT2D eigenvalue weighted by atomic mass is 9.98. The minimum atomic E-state index is -0.326. The molecule has 0 aliphatic carbocycles. The zero-order valence-electron chi connectivity index (χ0n) is 17.3. The van der Waals surface area contributed by atoms with Gasteiger partial charge < -0.3 is 23.8 Å². The van der Waals surface area contributed by atoms with Gasteiger partial charge >= 0.3 is 6.01 Å². The summed E-state index contributed by atoms with van der Waals surface area (Å²) in [5, 5.41) is 2.98. The van der Waals surface area contributed by atoms with Gasteiger partial charge in [-0.2, -0.15) is 4.98 Å². The second kappa shape index (κ2) is 9.48. The van der Waals surface area contributed by atoms with Crippen molar-refractivity contribution in [1.82, 2.24) is 14.3 Å². The Kier molecular flexibility index (Phi) is 6.52. The van der Waals surface area contributed by atoms with Gasteiger partial charge in [-0.3, -0.25) is 14.9 Å². The molecule has 2 saturated heterocycles. The van der Waals surface area contributed by atoms with Gasteiger partial charge in [0.15, 0.2) is 11.5 Å². The Morgan fingerprint density at radius 1 is 1.32 bits per heavy atom. The molecule has 0 saturated carbocycles. The maximum Gasteiger partial charge on any atom is 0.329 e. The zero-order chi connectivity index (χ0) is 21.8. The summed E-state index contributed by atoms with van der Waals surface area (Å²) in [5.41, 5.74) is 0.972. The van der Waals surface area contributed by atoms with Gasteiger partial charge in [-0.25, -0.2) is 0 Å². The highest BCUT2D eigenvalue weighted by atomic mass is 32.1. The van der Waals surface area contributed by atoms with Crippen LogP contribution in [0.1, 0.15) is 24.3 Å². The van der Waals surface area contributed by atoms with Crippen LogP contribution in [-0.4, -0.2) is 72.7 Å². The number of hydrogen-bond acceptors (Lipinski definition) is 9. The number of aromatic nitrogens is 2. The molecule has 166 valence electrons. The summed E-state index contributed by atoms with van der Waals surface area (Å²) in [5.74, 6) is 0.855. The summed E-state index contributed by atoms with van der Waals surface area (Å²) in [6, 6.07) is 5.90. The second-order valence-corrected chi connectivity index (χ2v) is 8.08. The van der Waals surface area contributed by atoms with E-state index in [1.54, 1.807) is 12.0 Å². The van der Waals surface area contributed by atoms with Gasteiger partial charge in [-0.15, -0.1) is 4.37 Å². The monoisotopic (exact) mass is 448 g/mol. The lowest BCUT2D eigenvalue weighted by molar-refractivity contribution is -0.131. The average molecular weight is 449 g/mol. The van der Waals surface area contributed by atoms with Crippen LogP contribution in [-0.2, 0) is 14.3 Å². The topological polar surface area (TPSA) is 112 Å². The fourth-order valence-corrected chi connectivity index (χ4v) is 4.21. The average Bonchev–Trinajstić information content (AvgIpc) is 3.51. The standard InChI is InChI=1S/C20H24N4O6S/c1-27-15-4-3-12(7-16(15)30-14-5-6-29-11-14)13-8-18(26)24(9-13)10-17(25)21-20-22-19(28-2)23-31-20/h3-4,7,13-14H,5-6,8-11H2,1-2H3,(H,21,22,23,25)/t13?,14-/m1/s1. The van der Waals surface area contributed by atoms with Crippen molar-refractivity contribution in [1.29, 1.82) is 0 Å². The van der Waals surface area contributed by atoms with Crippen molar-refractivity contribution in [2.45, 2.75) is 24.9 Å². The maximum atomic E-state index is 12.5. The molecule has 1 aromatic carbocycles. The molecular weight excluding hydrogens is 424 g/mol. The van der Waals surface area contributed by atoms with Crippen LogP contribution >= 0.6 is 11.5 Å². The lowest BCUT2D eigenvalue weighted by Gasteiger charge is -2.18. The van der Waals surface area contributed by atoms with Crippen LogP contribution < -0.4 is 19.5 Å². The lowest BCUT2D eigenvalue weighted by Crippen LogP contribution is -2.34. The summed E-state index contributed by atoms with van der Waals surface area (Å²) in [6.45, 7) is 1.64. The van der Waals surface area contributed by atoms with Crippen molar-refractivity contribution in [3.8, 4) is 17.5 Å². The first-order chi connectivity index (χ1) is 15.1. The Hall–Kier alpha value is -2.92. The van der Waals surface area contributed by atoms with Crippen molar-refractivity contribution in [2.75, 3.05) is 45.8 Å². The molecular formula is C20H24N4O6S. The molecule has 31 heavy (non-hydrogen) atoms. The molecule has 2 fully saturated rings. The van der Waals surface area contributed by atoms with E-state index in [-0.39, 0.29) is 36.4 Å². The third-order valence-corrected chi connectivity index (χ3v) is 5.84. The smallest absolute Gasteiger partial charge is 0.329 e. The number of rotatable bonds is 8. The Balaban J connectivity index is 1.39. The van der Waals surface area contributed by atoms with E-state index < -0.39 is 0 Å². The summed E-state index contributed by atoms with van der Waals surface area (Å²) >= 11 is 1.02. The highest BCUT2D eigenvalue weighted by Crippen LogP contribution is 2.36. The van der Waals surface area contributed by atoms with Crippen molar-refractivity contribution in [3.05, 3.63) is 23.8 Å². The predicted octanol–water partition coefficient (Wildman–Crippen LogP) is 1.68. The van der Waals surface area contributed by atoms with E-state index >= 15 is 0 Å². The van der Waals surface area contributed by atoms with Gasteiger partial charge in [0.25, 0.3) is 0 Å². The molecule has 3 heterocycles. The molecule has 1 unspecified atom stereocenters. The first-order valence-corrected chi connectivity index (χ1v) is 10.7. The van der Waals surface area contributed by atoms with E-state index in [1.807, 2.05) is 18.2 Å². The number of likely N-dealkylation sites (tertiary alicyclic amines) is 1. The summed E-state index contributed by atoms with van der Waals surface area (Å²) in [6.07, 6.45) is 1.16. The SMILES string of the molecule is COc1nsc(NC(=O)CN2CC(c3ccc(OC)c(O[C@@H]4CCOC4)c3)CC2=O)n1.